The standard InChI is InChI=1S/C10H21F3NO2PS/c1-2-5-17(6-3-4-7-17)9-18(15,16)14-8-10(11,12)13/h14,17H,2-9H2,1H3. The predicted octanol–water partition coefficient (Wildman–Crippen LogP) is 2.38. The zero-order valence-corrected chi connectivity index (χ0v) is 12.3. The Morgan fingerprint density at radius 1 is 1.22 bits per heavy atom. The summed E-state index contributed by atoms with van der Waals surface area (Å²) >= 11 is 0. The van der Waals surface area contributed by atoms with E-state index < -0.39 is 30.0 Å². The molecule has 1 rings (SSSR count). The number of sulfonamides is 1. The van der Waals surface area contributed by atoms with E-state index in [4.69, 9.17) is 0 Å². The van der Waals surface area contributed by atoms with Gasteiger partial charge in [0.15, 0.2) is 0 Å². The van der Waals surface area contributed by atoms with Gasteiger partial charge in [-0.15, -0.1) is 0 Å². The van der Waals surface area contributed by atoms with Crippen LogP contribution in [0, 0.1) is 0 Å². The van der Waals surface area contributed by atoms with Crippen LogP contribution in [0.2, 0.25) is 0 Å². The Morgan fingerprint density at radius 3 is 2.22 bits per heavy atom. The second kappa shape index (κ2) is 6.06. The molecule has 0 atom stereocenters. The molecule has 18 heavy (non-hydrogen) atoms. The summed E-state index contributed by atoms with van der Waals surface area (Å²) in [6.45, 7) is 0.550. The molecule has 0 aromatic rings. The normalized spacial score (nSPS) is 22.0. The average Bonchev–Trinajstić information content (AvgIpc) is 2.62. The van der Waals surface area contributed by atoms with Gasteiger partial charge < -0.3 is 0 Å². The second-order valence-corrected chi connectivity index (χ2v) is 12.3. The van der Waals surface area contributed by atoms with E-state index >= 15 is 0 Å². The molecule has 1 heterocycles. The number of nitrogens with one attached hydrogen (secondary N) is 1. The molecule has 3 nitrogen and oxygen atoms in total. The molecule has 1 N–H and O–H groups in total. The third-order valence-corrected chi connectivity index (χ3v) is 12.4. The summed E-state index contributed by atoms with van der Waals surface area (Å²) in [5.74, 6) is 0. The first kappa shape index (κ1) is 16.2. The first-order chi connectivity index (χ1) is 8.18. The summed E-state index contributed by atoms with van der Waals surface area (Å²) in [4.78, 5) is 0. The molecule has 0 amide bonds. The molecule has 110 valence electrons. The molecule has 1 aliphatic rings. The summed E-state index contributed by atoms with van der Waals surface area (Å²) in [5.41, 5.74) is -0.0378. The van der Waals surface area contributed by atoms with Gasteiger partial charge in [-0.1, -0.05) is 0 Å². The minimum atomic E-state index is -4.48. The fourth-order valence-corrected chi connectivity index (χ4v) is 12.3. The maximum atomic E-state index is 12.0. The van der Waals surface area contributed by atoms with Crippen LogP contribution >= 0.6 is 7.26 Å². The molecule has 0 radical (unpaired) electrons. The molecule has 0 aromatic carbocycles. The molecule has 8 heteroatoms. The molecule has 1 fully saturated rings. The van der Waals surface area contributed by atoms with Gasteiger partial charge in [-0.3, -0.25) is 0 Å². The van der Waals surface area contributed by atoms with E-state index in [1.807, 2.05) is 6.92 Å². The summed E-state index contributed by atoms with van der Waals surface area (Å²) in [6.07, 6.45) is 1.27. The molecule has 0 unspecified atom stereocenters. The van der Waals surface area contributed by atoms with Gasteiger partial charge in [0, 0.05) is 0 Å². The Kier molecular flexibility index (Phi) is 5.44. The maximum absolute atomic E-state index is 12.0. The van der Waals surface area contributed by atoms with E-state index in [1.165, 1.54) is 0 Å². The van der Waals surface area contributed by atoms with Crippen molar-refractivity contribution < 1.29 is 21.6 Å². The summed E-state index contributed by atoms with van der Waals surface area (Å²) in [7, 11) is -5.67. The van der Waals surface area contributed by atoms with Gasteiger partial charge in [0.1, 0.15) is 0 Å². The van der Waals surface area contributed by atoms with Gasteiger partial charge in [-0.2, -0.15) is 0 Å². The van der Waals surface area contributed by atoms with E-state index in [2.05, 4.69) is 0 Å². The summed E-state index contributed by atoms with van der Waals surface area (Å²) < 4.78 is 61.2. The number of hydrogen-bond acceptors (Lipinski definition) is 2. The number of halogens is 3. The third-order valence-electron chi connectivity index (χ3n) is 3.43. The fourth-order valence-electron chi connectivity index (χ4n) is 2.77. The molecular weight excluding hydrogens is 286 g/mol. The SMILES string of the molecule is CCC[PH]1(CS(=O)(=O)NCC(F)(F)F)CCCC1. The Bertz CT molecular complexity index is 364. The van der Waals surface area contributed by atoms with Crippen LogP contribution in [0.15, 0.2) is 0 Å². The van der Waals surface area contributed by atoms with E-state index in [-0.39, 0.29) is 5.49 Å². The van der Waals surface area contributed by atoms with Crippen LogP contribution in [0.1, 0.15) is 26.2 Å². The van der Waals surface area contributed by atoms with Gasteiger partial charge in [0.2, 0.25) is 0 Å². The Labute approximate surface area is 107 Å². The van der Waals surface area contributed by atoms with Crippen LogP contribution < -0.4 is 4.72 Å². The molecule has 0 saturated carbocycles. The number of rotatable bonds is 6. The van der Waals surface area contributed by atoms with Crippen molar-refractivity contribution in [3.8, 4) is 0 Å². The molecular formula is C10H21F3NO2PS. The Hall–Kier alpha value is 0.130. The van der Waals surface area contributed by atoms with Crippen molar-refractivity contribution in [3.05, 3.63) is 0 Å². The quantitative estimate of drug-likeness (QED) is 0.766. The van der Waals surface area contributed by atoms with Crippen LogP contribution in [0.3, 0.4) is 0 Å². The van der Waals surface area contributed by atoms with Crippen LogP contribution in [-0.2, 0) is 10.0 Å². The predicted molar refractivity (Wildman–Crippen MR) is 70.3 cm³/mol. The number of hydrogen-bond donors (Lipinski definition) is 1. The van der Waals surface area contributed by atoms with E-state index in [0.29, 0.717) is 0 Å². The van der Waals surface area contributed by atoms with Gasteiger partial charge in [0.25, 0.3) is 0 Å². The van der Waals surface area contributed by atoms with Gasteiger partial charge in [-0.05, 0) is 0 Å². The zero-order valence-electron chi connectivity index (χ0n) is 10.5. The van der Waals surface area contributed by atoms with Crippen LogP contribution in [-0.4, -0.2) is 45.1 Å². The second-order valence-electron chi connectivity index (χ2n) is 5.15. The molecule has 0 aliphatic carbocycles. The van der Waals surface area contributed by atoms with Crippen molar-refractivity contribution in [1.82, 2.24) is 4.72 Å². The molecule has 0 aromatic heterocycles. The zero-order chi connectivity index (χ0) is 13.9. The van der Waals surface area contributed by atoms with Crippen molar-refractivity contribution in [2.45, 2.75) is 32.4 Å². The third kappa shape index (κ3) is 5.41. The monoisotopic (exact) mass is 307 g/mol. The molecule has 0 bridgehead atoms. The van der Waals surface area contributed by atoms with Crippen molar-refractivity contribution in [1.29, 1.82) is 0 Å². The van der Waals surface area contributed by atoms with Gasteiger partial charge in [0.05, 0.1) is 0 Å². The van der Waals surface area contributed by atoms with E-state index in [9.17, 15) is 21.6 Å². The van der Waals surface area contributed by atoms with Crippen molar-refractivity contribution in [3.63, 3.8) is 0 Å². The van der Waals surface area contributed by atoms with Crippen molar-refractivity contribution >= 4 is 17.3 Å². The van der Waals surface area contributed by atoms with E-state index in [0.717, 1.165) is 37.7 Å². The van der Waals surface area contributed by atoms with Crippen molar-refractivity contribution in [2.75, 3.05) is 30.5 Å². The number of alkyl halides is 3. The van der Waals surface area contributed by atoms with Crippen molar-refractivity contribution in [2.24, 2.45) is 0 Å². The summed E-state index contributed by atoms with van der Waals surface area (Å²) in [5, 5.41) is 0. The van der Waals surface area contributed by atoms with Crippen LogP contribution in [0.5, 0.6) is 0 Å². The molecule has 1 aliphatic heterocycles. The van der Waals surface area contributed by atoms with E-state index in [1.54, 1.807) is 4.72 Å². The first-order valence-electron chi connectivity index (χ1n) is 6.22. The van der Waals surface area contributed by atoms with Crippen LogP contribution in [0.4, 0.5) is 13.2 Å². The van der Waals surface area contributed by atoms with Gasteiger partial charge in [-0.25, -0.2) is 0 Å². The summed E-state index contributed by atoms with van der Waals surface area (Å²) in [6, 6.07) is 0. The van der Waals surface area contributed by atoms with Crippen LogP contribution in [0.25, 0.3) is 0 Å². The van der Waals surface area contributed by atoms with Gasteiger partial charge >= 0.3 is 106 Å². The first-order valence-corrected chi connectivity index (χ1v) is 10.7. The Balaban J connectivity index is 2.62. The topological polar surface area (TPSA) is 46.2 Å². The average molecular weight is 307 g/mol. The minimum absolute atomic E-state index is 0.0378. The fraction of sp³-hybridized carbons (Fsp3) is 1.00. The molecule has 0 spiro atoms. The molecule has 1 saturated heterocycles. The Morgan fingerprint density at radius 2 is 1.78 bits per heavy atom.